The summed E-state index contributed by atoms with van der Waals surface area (Å²) in [6.45, 7) is 2.11. The van der Waals surface area contributed by atoms with E-state index in [4.69, 9.17) is 0 Å². The molecule has 134 valence electrons. The second kappa shape index (κ2) is 7.04. The van der Waals surface area contributed by atoms with Crippen molar-refractivity contribution >= 4 is 5.91 Å². The number of hydrogen-bond donors (Lipinski definition) is 1. The van der Waals surface area contributed by atoms with Crippen LogP contribution in [0.15, 0.2) is 42.7 Å². The van der Waals surface area contributed by atoms with Crippen molar-refractivity contribution in [2.24, 2.45) is 7.05 Å². The highest BCUT2D eigenvalue weighted by atomic mass is 16.2. The Labute approximate surface area is 150 Å². The molecule has 0 saturated carbocycles. The fourth-order valence-electron chi connectivity index (χ4n) is 3.16. The van der Waals surface area contributed by atoms with Gasteiger partial charge in [-0.05, 0) is 5.21 Å². The number of rotatable bonds is 4. The van der Waals surface area contributed by atoms with Crippen LogP contribution in [-0.4, -0.2) is 60.2 Å². The number of nitrogens with zero attached hydrogens (tertiary/aromatic N) is 7. The van der Waals surface area contributed by atoms with Gasteiger partial charge >= 0.3 is 0 Å². The molecule has 1 atom stereocenters. The number of nitrogens with one attached hydrogen (secondary N) is 1. The molecule has 1 saturated heterocycles. The van der Waals surface area contributed by atoms with Crippen molar-refractivity contribution in [3.05, 3.63) is 48.5 Å². The predicted molar refractivity (Wildman–Crippen MR) is 93.8 cm³/mol. The monoisotopic (exact) mass is 352 g/mol. The number of benzene rings is 1. The number of carbonyl (C=O) groups is 1. The van der Waals surface area contributed by atoms with Crippen LogP contribution in [0.5, 0.6) is 0 Å². The third kappa shape index (κ3) is 3.21. The number of aryl methyl sites for hydroxylation is 1. The first-order chi connectivity index (χ1) is 12.7. The molecule has 3 heterocycles. The normalized spacial score (nSPS) is 17.4. The van der Waals surface area contributed by atoms with E-state index in [2.05, 4.69) is 25.7 Å². The Morgan fingerprint density at radius 2 is 2.15 bits per heavy atom. The third-order valence-corrected chi connectivity index (χ3v) is 4.48. The van der Waals surface area contributed by atoms with Crippen LogP contribution in [0.1, 0.15) is 11.9 Å². The number of carbonyl (C=O) groups excluding carboxylic acids is 1. The summed E-state index contributed by atoms with van der Waals surface area (Å²) in [6, 6.07) is 9.49. The first-order valence-electron chi connectivity index (χ1n) is 8.53. The molecular weight excluding hydrogens is 332 g/mol. The molecule has 1 amide bonds. The molecule has 1 fully saturated rings. The summed E-state index contributed by atoms with van der Waals surface area (Å²) in [5, 5.41) is 15.7. The van der Waals surface area contributed by atoms with E-state index in [1.807, 2.05) is 53.0 Å². The highest BCUT2D eigenvalue weighted by Crippen LogP contribution is 2.21. The van der Waals surface area contributed by atoms with Gasteiger partial charge in [-0.1, -0.05) is 30.3 Å². The number of imidazole rings is 1. The Morgan fingerprint density at radius 1 is 1.31 bits per heavy atom. The minimum Gasteiger partial charge on any atom is -0.336 e. The zero-order chi connectivity index (χ0) is 17.9. The molecule has 0 bridgehead atoms. The topological polar surface area (TPSA) is 93.8 Å². The van der Waals surface area contributed by atoms with Crippen LogP contribution in [0.25, 0.3) is 11.4 Å². The quantitative estimate of drug-likeness (QED) is 0.723. The van der Waals surface area contributed by atoms with Crippen molar-refractivity contribution in [3.8, 4) is 11.4 Å². The average Bonchev–Trinajstić information content (AvgIpc) is 3.31. The Bertz CT molecular complexity index is 887. The number of hydrogen-bond acceptors (Lipinski definition) is 6. The van der Waals surface area contributed by atoms with E-state index in [0.29, 0.717) is 18.9 Å². The molecule has 1 N–H and O–H groups in total. The maximum absolute atomic E-state index is 12.9. The number of piperazine rings is 1. The number of aromatic nitrogens is 6. The number of tetrazole rings is 1. The van der Waals surface area contributed by atoms with Gasteiger partial charge in [0.25, 0.3) is 0 Å². The molecule has 9 heteroatoms. The fraction of sp³-hybridized carbons (Fsp3) is 0.353. The summed E-state index contributed by atoms with van der Waals surface area (Å²) in [7, 11) is 1.94. The van der Waals surface area contributed by atoms with Crippen molar-refractivity contribution in [2.75, 3.05) is 19.6 Å². The second-order valence-corrected chi connectivity index (χ2v) is 6.21. The molecule has 0 aliphatic carbocycles. The van der Waals surface area contributed by atoms with E-state index in [1.54, 1.807) is 6.20 Å². The highest BCUT2D eigenvalue weighted by Gasteiger charge is 2.30. The molecule has 3 aromatic rings. The van der Waals surface area contributed by atoms with Gasteiger partial charge in [-0.2, -0.15) is 4.80 Å². The van der Waals surface area contributed by atoms with Gasteiger partial charge in [0.15, 0.2) is 0 Å². The van der Waals surface area contributed by atoms with Crippen LogP contribution < -0.4 is 5.32 Å². The first-order valence-corrected chi connectivity index (χ1v) is 8.53. The molecule has 0 radical (unpaired) electrons. The summed E-state index contributed by atoms with van der Waals surface area (Å²) < 4.78 is 1.94. The smallest absolute Gasteiger partial charge is 0.246 e. The molecule has 9 nitrogen and oxygen atoms in total. The van der Waals surface area contributed by atoms with Crippen molar-refractivity contribution < 1.29 is 4.79 Å². The maximum atomic E-state index is 12.9. The molecule has 1 unspecified atom stereocenters. The minimum absolute atomic E-state index is 0.0449. The van der Waals surface area contributed by atoms with Gasteiger partial charge in [-0.15, -0.1) is 10.2 Å². The zero-order valence-corrected chi connectivity index (χ0v) is 14.5. The van der Waals surface area contributed by atoms with Crippen LogP contribution >= 0.6 is 0 Å². The van der Waals surface area contributed by atoms with E-state index >= 15 is 0 Å². The van der Waals surface area contributed by atoms with Gasteiger partial charge in [0.05, 0.1) is 0 Å². The van der Waals surface area contributed by atoms with Gasteiger partial charge in [-0.3, -0.25) is 4.79 Å². The van der Waals surface area contributed by atoms with Crippen molar-refractivity contribution in [1.82, 2.24) is 40.0 Å². The zero-order valence-electron chi connectivity index (χ0n) is 14.5. The fourth-order valence-corrected chi connectivity index (χ4v) is 3.16. The summed E-state index contributed by atoms with van der Waals surface area (Å²) in [5.41, 5.74) is 0.874. The van der Waals surface area contributed by atoms with E-state index in [9.17, 15) is 4.79 Å². The molecule has 2 aromatic heterocycles. The maximum Gasteiger partial charge on any atom is 0.246 e. The van der Waals surface area contributed by atoms with Crippen molar-refractivity contribution in [2.45, 2.75) is 12.6 Å². The van der Waals surface area contributed by atoms with Gasteiger partial charge in [0.1, 0.15) is 18.4 Å². The van der Waals surface area contributed by atoms with E-state index in [-0.39, 0.29) is 18.5 Å². The Kier molecular flexibility index (Phi) is 4.44. The molecule has 4 rings (SSSR count). The Hall–Kier alpha value is -3.07. The lowest BCUT2D eigenvalue weighted by molar-refractivity contribution is -0.135. The number of amides is 1. The van der Waals surface area contributed by atoms with E-state index in [1.165, 1.54) is 4.80 Å². The average molecular weight is 352 g/mol. The SMILES string of the molecule is Cn1ccnc1C1CNCCN1C(=O)Cn1nnc(-c2ccccc2)n1. The molecule has 0 spiro atoms. The summed E-state index contributed by atoms with van der Waals surface area (Å²) in [5.74, 6) is 1.33. The summed E-state index contributed by atoms with van der Waals surface area (Å²) >= 11 is 0. The van der Waals surface area contributed by atoms with Gasteiger partial charge in [-0.25, -0.2) is 4.98 Å². The van der Waals surface area contributed by atoms with Gasteiger partial charge < -0.3 is 14.8 Å². The lowest BCUT2D eigenvalue weighted by atomic mass is 10.1. The lowest BCUT2D eigenvalue weighted by Gasteiger charge is -2.35. The third-order valence-electron chi connectivity index (χ3n) is 4.48. The van der Waals surface area contributed by atoms with E-state index in [0.717, 1.165) is 17.9 Å². The van der Waals surface area contributed by atoms with Gasteiger partial charge in [0.2, 0.25) is 11.7 Å². The highest BCUT2D eigenvalue weighted by molar-refractivity contribution is 5.76. The second-order valence-electron chi connectivity index (χ2n) is 6.21. The van der Waals surface area contributed by atoms with Crippen LogP contribution in [-0.2, 0) is 18.4 Å². The van der Waals surface area contributed by atoms with Crippen LogP contribution in [0.4, 0.5) is 0 Å². The Morgan fingerprint density at radius 3 is 2.92 bits per heavy atom. The summed E-state index contributed by atoms with van der Waals surface area (Å²) in [6.07, 6.45) is 3.63. The molecular formula is C17H20N8O. The van der Waals surface area contributed by atoms with Crippen molar-refractivity contribution in [1.29, 1.82) is 0 Å². The van der Waals surface area contributed by atoms with Crippen LogP contribution in [0.2, 0.25) is 0 Å². The summed E-state index contributed by atoms with van der Waals surface area (Å²) in [4.78, 5) is 20.5. The van der Waals surface area contributed by atoms with E-state index < -0.39 is 0 Å². The molecule has 1 aliphatic rings. The first kappa shape index (κ1) is 16.4. The van der Waals surface area contributed by atoms with Crippen LogP contribution in [0, 0.1) is 0 Å². The van der Waals surface area contributed by atoms with Crippen LogP contribution in [0.3, 0.4) is 0 Å². The minimum atomic E-state index is -0.103. The van der Waals surface area contributed by atoms with Gasteiger partial charge in [0, 0.05) is 44.6 Å². The largest absolute Gasteiger partial charge is 0.336 e. The standard InChI is InChI=1S/C17H20N8O/c1-23-9-8-19-17(23)14-11-18-7-10-24(14)15(26)12-25-21-16(20-22-25)13-5-3-2-4-6-13/h2-6,8-9,14,18H,7,10-12H2,1H3. The predicted octanol–water partition coefficient (Wildman–Crippen LogP) is 0.247. The molecule has 1 aliphatic heterocycles. The Balaban J connectivity index is 1.50. The van der Waals surface area contributed by atoms with Crippen molar-refractivity contribution in [3.63, 3.8) is 0 Å². The molecule has 26 heavy (non-hydrogen) atoms. The lowest BCUT2D eigenvalue weighted by Crippen LogP contribution is -2.50. The molecule has 1 aromatic carbocycles.